The maximum absolute atomic E-state index is 12.6. The van der Waals surface area contributed by atoms with E-state index in [4.69, 9.17) is 0 Å². The van der Waals surface area contributed by atoms with Crippen LogP contribution >= 0.6 is 33.9 Å². The molecule has 5 rings (SSSR count). The Kier molecular flexibility index (Phi) is 6.57. The number of hydrogen-bond donors (Lipinski definition) is 3. The van der Waals surface area contributed by atoms with Crippen molar-refractivity contribution in [2.75, 3.05) is 17.7 Å². The number of hydrogen-bond acceptors (Lipinski definition) is 6. The largest absolute Gasteiger partial charge is 0.332 e. The molecule has 0 unspecified atom stereocenters. The average Bonchev–Trinajstić information content (AvgIpc) is 3.48. The second-order valence-electron chi connectivity index (χ2n) is 7.60. The second kappa shape index (κ2) is 9.92. The van der Waals surface area contributed by atoms with Crippen molar-refractivity contribution in [3.8, 4) is 10.6 Å². The number of imidazole rings is 1. The van der Waals surface area contributed by atoms with E-state index in [0.717, 1.165) is 42.8 Å². The Balaban J connectivity index is 1.28. The maximum atomic E-state index is 12.6. The lowest BCUT2D eigenvalue weighted by molar-refractivity contribution is 0.102. The Bertz CT molecular complexity index is 1460. The molecule has 2 aromatic carbocycles. The number of benzene rings is 2. The smallest absolute Gasteiger partial charge is 0.255 e. The number of amides is 1. The number of anilines is 3. The molecular formula is C25H21IN6OS. The molecule has 0 spiro atoms. The topological polar surface area (TPSA) is 83.3 Å². The van der Waals surface area contributed by atoms with Gasteiger partial charge in [-0.3, -0.25) is 9.20 Å². The van der Waals surface area contributed by atoms with Crippen LogP contribution in [0.1, 0.15) is 15.9 Å². The zero-order valence-corrected chi connectivity index (χ0v) is 21.2. The number of pyridine rings is 1. The van der Waals surface area contributed by atoms with Gasteiger partial charge in [-0.2, -0.15) is 0 Å². The summed E-state index contributed by atoms with van der Waals surface area (Å²) in [6, 6.07) is 19.2. The molecule has 5 aromatic rings. The van der Waals surface area contributed by atoms with Crippen molar-refractivity contribution < 1.29 is 4.79 Å². The third kappa shape index (κ3) is 4.81. The van der Waals surface area contributed by atoms with Crippen LogP contribution in [-0.2, 0) is 6.54 Å². The molecule has 0 aliphatic carbocycles. The molecule has 0 aliphatic heterocycles. The second-order valence-corrected chi connectivity index (χ2v) is 9.80. The normalized spacial score (nSPS) is 11.0. The minimum Gasteiger partial charge on any atom is -0.332 e. The summed E-state index contributed by atoms with van der Waals surface area (Å²) in [6.45, 7) is 0.805. The van der Waals surface area contributed by atoms with Crippen LogP contribution in [0.2, 0.25) is 0 Å². The van der Waals surface area contributed by atoms with Crippen LogP contribution in [0.5, 0.6) is 0 Å². The summed E-state index contributed by atoms with van der Waals surface area (Å²) in [4.78, 5) is 22.7. The van der Waals surface area contributed by atoms with E-state index in [2.05, 4.69) is 65.0 Å². The third-order valence-corrected chi connectivity index (χ3v) is 7.11. The van der Waals surface area contributed by atoms with E-state index >= 15 is 0 Å². The highest BCUT2D eigenvalue weighted by Gasteiger charge is 2.12. The molecule has 0 aliphatic rings. The van der Waals surface area contributed by atoms with Crippen LogP contribution in [0.15, 0.2) is 79.3 Å². The van der Waals surface area contributed by atoms with Gasteiger partial charge in [0.05, 0.1) is 22.5 Å². The van der Waals surface area contributed by atoms with Gasteiger partial charge in [0, 0.05) is 33.8 Å². The maximum Gasteiger partial charge on any atom is 0.255 e. The number of nitrogens with one attached hydrogen (secondary N) is 3. The van der Waals surface area contributed by atoms with Gasteiger partial charge in [0.15, 0.2) is 5.13 Å². The van der Waals surface area contributed by atoms with Crippen LogP contribution in [0.4, 0.5) is 16.5 Å². The Hall–Kier alpha value is -3.28. The van der Waals surface area contributed by atoms with Crippen LogP contribution in [0.3, 0.4) is 0 Å². The molecule has 1 amide bonds. The van der Waals surface area contributed by atoms with Gasteiger partial charge in [-0.25, -0.2) is 9.97 Å². The fourth-order valence-corrected chi connectivity index (χ4v) is 4.92. The van der Waals surface area contributed by atoms with E-state index < -0.39 is 0 Å². The molecule has 0 saturated heterocycles. The molecule has 0 atom stereocenters. The van der Waals surface area contributed by atoms with Crippen molar-refractivity contribution in [3.05, 3.63) is 94.0 Å². The van der Waals surface area contributed by atoms with Crippen molar-refractivity contribution >= 4 is 62.0 Å². The minimum absolute atomic E-state index is 0.141. The summed E-state index contributed by atoms with van der Waals surface area (Å²) in [5, 5.41) is 10.2. The Morgan fingerprint density at radius 1 is 1.06 bits per heavy atom. The van der Waals surface area contributed by atoms with Gasteiger partial charge in [0.2, 0.25) is 0 Å². The summed E-state index contributed by atoms with van der Waals surface area (Å²) in [7, 11) is 1.93. The number of para-hydroxylation sites is 1. The standard InChI is InChI=1S/C25H21IN6OS/c1-27-13-16-10-11-32-21(14-28-23(32)12-16)22-15-29-25(34-22)30-18-8-6-17(7-9-18)24(33)31-20-5-3-2-4-19(20)26/h2-12,14-15,27H,13H2,1H3,(H,29,30)(H,31,33). The van der Waals surface area contributed by atoms with Gasteiger partial charge in [-0.15, -0.1) is 0 Å². The predicted octanol–water partition coefficient (Wildman–Crippen LogP) is 5.78. The number of aromatic nitrogens is 3. The van der Waals surface area contributed by atoms with Crippen molar-refractivity contribution in [2.45, 2.75) is 6.54 Å². The molecule has 0 radical (unpaired) electrons. The van der Waals surface area contributed by atoms with E-state index in [-0.39, 0.29) is 5.91 Å². The monoisotopic (exact) mass is 580 g/mol. The molecule has 3 heterocycles. The highest BCUT2D eigenvalue weighted by molar-refractivity contribution is 14.1. The summed E-state index contributed by atoms with van der Waals surface area (Å²) in [6.07, 6.45) is 5.76. The van der Waals surface area contributed by atoms with Crippen molar-refractivity contribution in [1.82, 2.24) is 19.7 Å². The van der Waals surface area contributed by atoms with Gasteiger partial charge >= 0.3 is 0 Å². The van der Waals surface area contributed by atoms with E-state index in [0.29, 0.717) is 5.56 Å². The zero-order valence-electron chi connectivity index (χ0n) is 18.2. The zero-order chi connectivity index (χ0) is 23.5. The first-order valence-electron chi connectivity index (χ1n) is 10.6. The fraction of sp³-hybridized carbons (Fsp3) is 0.0800. The molecule has 0 saturated carbocycles. The highest BCUT2D eigenvalue weighted by atomic mass is 127. The van der Waals surface area contributed by atoms with Crippen molar-refractivity contribution in [3.63, 3.8) is 0 Å². The number of rotatable bonds is 7. The summed E-state index contributed by atoms with van der Waals surface area (Å²) in [5.74, 6) is -0.141. The third-order valence-electron chi connectivity index (χ3n) is 5.24. The molecule has 9 heteroatoms. The number of carbonyl (C=O) groups excluding carboxylic acids is 1. The van der Waals surface area contributed by atoms with Gasteiger partial charge in [-0.05, 0) is 83.7 Å². The number of nitrogens with zero attached hydrogens (tertiary/aromatic N) is 3. The molecule has 0 bridgehead atoms. The first kappa shape index (κ1) is 22.5. The SMILES string of the molecule is CNCc1ccn2c(-c3cnc(Nc4ccc(C(=O)Nc5ccccc5I)cc4)s3)cnc2c1. The summed E-state index contributed by atoms with van der Waals surface area (Å²) >= 11 is 3.76. The van der Waals surface area contributed by atoms with Gasteiger partial charge in [0.1, 0.15) is 5.65 Å². The van der Waals surface area contributed by atoms with Gasteiger partial charge in [0.25, 0.3) is 5.91 Å². The first-order valence-corrected chi connectivity index (χ1v) is 12.5. The number of fused-ring (bicyclic) bond motifs is 1. The van der Waals surface area contributed by atoms with Crippen molar-refractivity contribution in [2.24, 2.45) is 0 Å². The predicted molar refractivity (Wildman–Crippen MR) is 146 cm³/mol. The molecule has 170 valence electrons. The van der Waals surface area contributed by atoms with E-state index in [1.54, 1.807) is 23.5 Å². The first-order chi connectivity index (χ1) is 16.6. The average molecular weight is 580 g/mol. The fourth-order valence-electron chi connectivity index (χ4n) is 3.55. The quantitative estimate of drug-likeness (QED) is 0.213. The van der Waals surface area contributed by atoms with Crippen LogP contribution in [0.25, 0.3) is 16.2 Å². The van der Waals surface area contributed by atoms with E-state index in [9.17, 15) is 4.79 Å². The van der Waals surface area contributed by atoms with E-state index in [1.807, 2.05) is 62.0 Å². The molecule has 3 aromatic heterocycles. The van der Waals surface area contributed by atoms with E-state index in [1.165, 1.54) is 5.56 Å². The van der Waals surface area contributed by atoms with Crippen LogP contribution < -0.4 is 16.0 Å². The van der Waals surface area contributed by atoms with Gasteiger partial charge < -0.3 is 16.0 Å². The molecule has 3 N–H and O–H groups in total. The molecule has 0 fully saturated rings. The Labute approximate surface area is 214 Å². The van der Waals surface area contributed by atoms with Crippen molar-refractivity contribution in [1.29, 1.82) is 0 Å². The molecule has 7 nitrogen and oxygen atoms in total. The van der Waals surface area contributed by atoms with Gasteiger partial charge in [-0.1, -0.05) is 23.5 Å². The lowest BCUT2D eigenvalue weighted by atomic mass is 10.2. The molecule has 34 heavy (non-hydrogen) atoms. The number of halogens is 1. The lowest BCUT2D eigenvalue weighted by Crippen LogP contribution is -2.12. The highest BCUT2D eigenvalue weighted by Crippen LogP contribution is 2.31. The number of thiazole rings is 1. The Morgan fingerprint density at radius 2 is 1.88 bits per heavy atom. The minimum atomic E-state index is -0.141. The summed E-state index contributed by atoms with van der Waals surface area (Å²) < 4.78 is 3.06. The molecular weight excluding hydrogens is 559 g/mol. The lowest BCUT2D eigenvalue weighted by Gasteiger charge is -2.08. The Morgan fingerprint density at radius 3 is 2.68 bits per heavy atom. The van der Waals surface area contributed by atoms with Crippen LogP contribution in [0, 0.1) is 3.57 Å². The van der Waals surface area contributed by atoms with Crippen LogP contribution in [-0.4, -0.2) is 27.3 Å². The number of carbonyl (C=O) groups is 1. The summed E-state index contributed by atoms with van der Waals surface area (Å²) in [5.41, 5.74) is 5.35.